The quantitative estimate of drug-likeness (QED) is 0.403. The molecule has 0 radical (unpaired) electrons. The van der Waals surface area contributed by atoms with Crippen molar-refractivity contribution in [3.63, 3.8) is 0 Å². The maximum atomic E-state index is 11.7. The molecule has 0 rings (SSSR count). The van der Waals surface area contributed by atoms with E-state index in [1.165, 1.54) is 0 Å². The molecule has 0 spiro atoms. The lowest BCUT2D eigenvalue weighted by molar-refractivity contribution is -0.174. The number of halogens is 8. The Labute approximate surface area is 85.3 Å². The van der Waals surface area contributed by atoms with Gasteiger partial charge in [-0.1, -0.05) is 0 Å². The fraction of sp³-hybridized carbons (Fsp3) is 0.500. The van der Waals surface area contributed by atoms with Crippen LogP contribution in [-0.4, -0.2) is 23.2 Å². The summed E-state index contributed by atoms with van der Waals surface area (Å²) in [6.07, 6.45) is -11.0. The molecule has 12 heteroatoms. The molecule has 0 aromatic rings. The zero-order valence-electron chi connectivity index (χ0n) is 6.84. The standard InChI is InChI=1S/C4H2F8N2OS/c5-3(6,7)1(15)13-14-2(16(11)12)4(8,9)10/h14H,(H,13,15). The lowest BCUT2D eigenvalue weighted by atomic mass is 10.6. The molecule has 0 aliphatic rings. The van der Waals surface area contributed by atoms with Crippen molar-refractivity contribution in [1.29, 1.82) is 0 Å². The average molecular weight is 278 g/mol. The van der Waals surface area contributed by atoms with Crippen molar-refractivity contribution in [2.75, 3.05) is 0 Å². The van der Waals surface area contributed by atoms with Crippen LogP contribution >= 0.6 is 11.3 Å². The molecule has 1 amide bonds. The van der Waals surface area contributed by atoms with Crippen molar-refractivity contribution in [3.8, 4) is 0 Å². The Morgan fingerprint density at radius 3 is 1.56 bits per heavy atom. The van der Waals surface area contributed by atoms with Crippen LogP contribution in [0.2, 0.25) is 0 Å². The highest BCUT2D eigenvalue weighted by Crippen LogP contribution is 2.27. The molecule has 0 aromatic heterocycles. The van der Waals surface area contributed by atoms with Gasteiger partial charge in [0, 0.05) is 0 Å². The van der Waals surface area contributed by atoms with Gasteiger partial charge in [0.1, 0.15) is 0 Å². The van der Waals surface area contributed by atoms with Gasteiger partial charge in [-0.3, -0.25) is 10.2 Å². The second kappa shape index (κ2) is 4.95. The molecule has 0 bridgehead atoms. The van der Waals surface area contributed by atoms with E-state index in [1.807, 2.05) is 0 Å². The zero-order valence-corrected chi connectivity index (χ0v) is 7.66. The first kappa shape index (κ1) is 15.1. The molecule has 16 heavy (non-hydrogen) atoms. The third-order valence-electron chi connectivity index (χ3n) is 0.959. The highest BCUT2D eigenvalue weighted by molar-refractivity contribution is 8.07. The van der Waals surface area contributed by atoms with Crippen molar-refractivity contribution >= 4 is 22.2 Å². The minimum Gasteiger partial charge on any atom is -0.279 e. The van der Waals surface area contributed by atoms with Gasteiger partial charge >= 0.3 is 18.3 Å². The van der Waals surface area contributed by atoms with Crippen LogP contribution in [0.4, 0.5) is 34.1 Å². The number of carbonyl (C=O) groups is 1. The summed E-state index contributed by atoms with van der Waals surface area (Å²) in [7, 11) is 0. The summed E-state index contributed by atoms with van der Waals surface area (Å²) >= 11 is -4.37. The fourth-order valence-electron chi connectivity index (χ4n) is 0.381. The Balaban J connectivity index is 4.63. The van der Waals surface area contributed by atoms with Gasteiger partial charge in [0.15, 0.2) is 11.3 Å². The Morgan fingerprint density at radius 1 is 0.875 bits per heavy atom. The van der Waals surface area contributed by atoms with Crippen LogP contribution < -0.4 is 10.9 Å². The van der Waals surface area contributed by atoms with Gasteiger partial charge in [-0.2, -0.15) is 31.8 Å². The molecule has 3 nitrogen and oxygen atoms in total. The molecule has 0 aliphatic carbocycles. The van der Waals surface area contributed by atoms with Crippen LogP contribution in [0.1, 0.15) is 0 Å². The second-order valence-corrected chi connectivity index (χ2v) is 2.95. The first-order valence-electron chi connectivity index (χ1n) is 3.10. The van der Waals surface area contributed by atoms with Crippen LogP contribution in [0.3, 0.4) is 0 Å². The Morgan fingerprint density at radius 2 is 1.31 bits per heavy atom. The maximum Gasteiger partial charge on any atom is 0.472 e. The van der Waals surface area contributed by atoms with Crippen molar-refractivity contribution in [1.82, 2.24) is 10.9 Å². The average Bonchev–Trinajstić information content (AvgIpc) is 1.98. The smallest absolute Gasteiger partial charge is 0.279 e. The Bertz CT molecular complexity index is 302. The van der Waals surface area contributed by atoms with Crippen molar-refractivity contribution in [2.24, 2.45) is 0 Å². The number of amides is 1. The van der Waals surface area contributed by atoms with Crippen LogP contribution in [0.5, 0.6) is 0 Å². The third kappa shape index (κ3) is 4.74. The molecular formula is C4H2F8N2OS. The number of rotatable bonds is 0. The van der Waals surface area contributed by atoms with Crippen molar-refractivity contribution < 1.29 is 38.9 Å². The van der Waals surface area contributed by atoms with Crippen LogP contribution in [0.15, 0.2) is 0 Å². The van der Waals surface area contributed by atoms with E-state index in [9.17, 15) is 38.9 Å². The monoisotopic (exact) mass is 278 g/mol. The number of carbonyl (C=O) groups excluding carboxylic acids is 1. The first-order valence-corrected chi connectivity index (χ1v) is 4.13. The molecular weight excluding hydrogens is 276 g/mol. The van der Waals surface area contributed by atoms with E-state index in [0.717, 1.165) is 0 Å². The minimum atomic E-state index is -5.56. The molecule has 0 aliphatic heterocycles. The Kier molecular flexibility index (Phi) is 4.67. The summed E-state index contributed by atoms with van der Waals surface area (Å²) in [4.78, 5) is 7.34. The van der Waals surface area contributed by atoms with Gasteiger partial charge in [-0.05, 0) is 0 Å². The SMILES string of the molecule is O=C(NNC(=S(F)F)C(F)(F)F)C(F)(F)F. The number of hydrogen-bond acceptors (Lipinski definition) is 1. The molecule has 0 saturated carbocycles. The number of hydrazine groups is 1. The summed E-state index contributed by atoms with van der Waals surface area (Å²) < 4.78 is 93.0. The molecule has 96 valence electrons. The molecule has 0 fully saturated rings. The van der Waals surface area contributed by atoms with Gasteiger partial charge in [0.25, 0.3) is 0 Å². The fourth-order valence-corrected chi connectivity index (χ4v) is 0.684. The van der Waals surface area contributed by atoms with E-state index >= 15 is 0 Å². The molecule has 0 aromatic carbocycles. The summed E-state index contributed by atoms with van der Waals surface area (Å²) in [5.41, 5.74) is 0.966. The maximum absolute atomic E-state index is 11.7. The summed E-state index contributed by atoms with van der Waals surface area (Å²) in [5, 5.41) is 0. The van der Waals surface area contributed by atoms with E-state index in [-0.39, 0.29) is 0 Å². The van der Waals surface area contributed by atoms with Gasteiger partial charge in [0.2, 0.25) is 4.99 Å². The predicted molar refractivity (Wildman–Crippen MR) is 38.2 cm³/mol. The highest BCUT2D eigenvalue weighted by Gasteiger charge is 2.42. The van der Waals surface area contributed by atoms with Gasteiger partial charge in [0.05, 0.1) is 0 Å². The van der Waals surface area contributed by atoms with Crippen molar-refractivity contribution in [2.45, 2.75) is 12.4 Å². The van der Waals surface area contributed by atoms with E-state index in [4.69, 9.17) is 0 Å². The summed E-state index contributed by atoms with van der Waals surface area (Å²) in [6, 6.07) is 0. The van der Waals surface area contributed by atoms with Gasteiger partial charge < -0.3 is 0 Å². The molecule has 0 unspecified atom stereocenters. The normalized spacial score (nSPS) is 12.8. The van der Waals surface area contributed by atoms with Crippen LogP contribution in [0, 0.1) is 0 Å². The highest BCUT2D eigenvalue weighted by atomic mass is 32.2. The van der Waals surface area contributed by atoms with Gasteiger partial charge in [-0.25, -0.2) is 0 Å². The van der Waals surface area contributed by atoms with E-state index in [0.29, 0.717) is 10.9 Å². The van der Waals surface area contributed by atoms with E-state index < -0.39 is 34.5 Å². The lowest BCUT2D eigenvalue weighted by Crippen LogP contribution is -2.51. The summed E-state index contributed by atoms with van der Waals surface area (Å²) in [6.45, 7) is 0. The largest absolute Gasteiger partial charge is 0.472 e. The van der Waals surface area contributed by atoms with Crippen molar-refractivity contribution in [3.05, 3.63) is 0 Å². The second-order valence-electron chi connectivity index (χ2n) is 2.12. The molecule has 0 heterocycles. The topological polar surface area (TPSA) is 41.1 Å². The van der Waals surface area contributed by atoms with E-state index in [1.54, 1.807) is 0 Å². The number of nitrogens with one attached hydrogen (secondary N) is 2. The van der Waals surface area contributed by atoms with E-state index in [2.05, 4.69) is 0 Å². The minimum absolute atomic E-state index is 0.467. The first-order chi connectivity index (χ1) is 6.96. The lowest BCUT2D eigenvalue weighted by Gasteiger charge is -2.13. The zero-order chi connectivity index (χ0) is 13.1. The molecule has 2 N–H and O–H groups in total. The summed E-state index contributed by atoms with van der Waals surface area (Å²) in [5.74, 6) is -2.82. The Hall–Kier alpha value is -0.910. The number of hydrogen-bond donors (Lipinski definition) is 2. The predicted octanol–water partition coefficient (Wildman–Crippen LogP) is 1.90. The third-order valence-corrected chi connectivity index (χ3v) is 1.60. The van der Waals surface area contributed by atoms with Gasteiger partial charge in [-0.15, -0.1) is 7.77 Å². The molecule has 0 saturated heterocycles. The van der Waals surface area contributed by atoms with Crippen LogP contribution in [-0.2, 0) is 4.79 Å². The molecule has 0 atom stereocenters. The number of alkyl halides is 6. The van der Waals surface area contributed by atoms with Crippen LogP contribution in [0.25, 0.3) is 0 Å².